The molecule has 3 aromatic rings. The minimum absolute atomic E-state index is 0.0168. The summed E-state index contributed by atoms with van der Waals surface area (Å²) in [5.41, 5.74) is 1.23. The van der Waals surface area contributed by atoms with E-state index in [1.54, 1.807) is 43.5 Å². The topological polar surface area (TPSA) is 81.8 Å². The third-order valence-corrected chi connectivity index (χ3v) is 4.32. The molecule has 7 nitrogen and oxygen atoms in total. The van der Waals surface area contributed by atoms with Gasteiger partial charge in [0.05, 0.1) is 20.4 Å². The Labute approximate surface area is 163 Å². The first-order chi connectivity index (χ1) is 13.5. The van der Waals surface area contributed by atoms with Crippen LogP contribution in [0.4, 0.5) is 8.78 Å². The molecule has 1 aromatic heterocycles. The summed E-state index contributed by atoms with van der Waals surface area (Å²) in [6, 6.07) is 11.5. The van der Waals surface area contributed by atoms with Gasteiger partial charge in [-0.15, -0.1) is 10.2 Å². The third kappa shape index (κ3) is 4.39. The van der Waals surface area contributed by atoms with E-state index in [4.69, 9.17) is 9.47 Å². The summed E-state index contributed by atoms with van der Waals surface area (Å²) in [6.07, 6.45) is 1.44. The summed E-state index contributed by atoms with van der Waals surface area (Å²) in [5.74, 6) is -1.47. The van der Waals surface area contributed by atoms with E-state index in [1.165, 1.54) is 24.1 Å². The number of nitrogens with zero attached hydrogens (tertiary/aromatic N) is 4. The standard InChI is InChI=1S/C18H16F2N4O3S/c1-26-13-6-4-12(5-7-13)16-22-23-18(28-17(19)20)24(16)21-10-11-3-8-14(25)15(9-11)27-2/h3-10,17,25H,1-2H3/b21-10+. The Balaban J connectivity index is 2.00. The molecule has 0 aliphatic carbocycles. The molecule has 0 spiro atoms. The van der Waals surface area contributed by atoms with Crippen LogP contribution in [-0.2, 0) is 0 Å². The summed E-state index contributed by atoms with van der Waals surface area (Å²) in [4.78, 5) is 0. The maximum Gasteiger partial charge on any atom is 0.291 e. The third-order valence-electron chi connectivity index (χ3n) is 3.68. The van der Waals surface area contributed by atoms with Gasteiger partial charge in [-0.1, -0.05) is 0 Å². The number of ether oxygens (including phenoxy) is 2. The van der Waals surface area contributed by atoms with Gasteiger partial charge in [-0.2, -0.15) is 18.6 Å². The number of alkyl halides is 2. The van der Waals surface area contributed by atoms with Gasteiger partial charge in [0, 0.05) is 5.56 Å². The van der Waals surface area contributed by atoms with E-state index in [0.29, 0.717) is 22.7 Å². The van der Waals surface area contributed by atoms with E-state index in [2.05, 4.69) is 15.3 Å². The molecule has 10 heteroatoms. The Hall–Kier alpha value is -3.14. The largest absolute Gasteiger partial charge is 0.504 e. The SMILES string of the molecule is COc1ccc(-c2nnc(SC(F)F)n2/N=C/c2ccc(O)c(OC)c2)cc1. The van der Waals surface area contributed by atoms with Gasteiger partial charge in [-0.3, -0.25) is 0 Å². The van der Waals surface area contributed by atoms with Crippen LogP contribution in [0.5, 0.6) is 17.2 Å². The van der Waals surface area contributed by atoms with E-state index in [9.17, 15) is 13.9 Å². The van der Waals surface area contributed by atoms with Crippen LogP contribution in [0.25, 0.3) is 11.4 Å². The number of hydrogen-bond acceptors (Lipinski definition) is 7. The fourth-order valence-electron chi connectivity index (χ4n) is 2.34. The zero-order valence-corrected chi connectivity index (χ0v) is 15.7. The Kier molecular flexibility index (Phi) is 6.09. The van der Waals surface area contributed by atoms with Crippen molar-refractivity contribution in [1.82, 2.24) is 14.9 Å². The number of halogens is 2. The second-order valence-electron chi connectivity index (χ2n) is 5.40. The molecule has 0 fully saturated rings. The minimum Gasteiger partial charge on any atom is -0.504 e. The van der Waals surface area contributed by atoms with Crippen molar-refractivity contribution < 1.29 is 23.4 Å². The number of phenols is 1. The van der Waals surface area contributed by atoms with Gasteiger partial charge in [0.2, 0.25) is 5.16 Å². The highest BCUT2D eigenvalue weighted by Gasteiger charge is 2.18. The number of rotatable bonds is 7. The van der Waals surface area contributed by atoms with Crippen LogP contribution in [0.15, 0.2) is 52.7 Å². The van der Waals surface area contributed by atoms with Gasteiger partial charge in [0.1, 0.15) is 5.75 Å². The fraction of sp³-hybridized carbons (Fsp3) is 0.167. The molecule has 0 saturated heterocycles. The molecule has 0 saturated carbocycles. The minimum atomic E-state index is -2.67. The second kappa shape index (κ2) is 8.70. The zero-order chi connectivity index (χ0) is 20.1. The molecule has 0 aliphatic heterocycles. The first kappa shape index (κ1) is 19.6. The lowest BCUT2D eigenvalue weighted by atomic mass is 10.2. The van der Waals surface area contributed by atoms with E-state index in [0.717, 1.165) is 0 Å². The normalized spacial score (nSPS) is 11.3. The average molecular weight is 406 g/mol. The van der Waals surface area contributed by atoms with Crippen LogP contribution in [0.2, 0.25) is 0 Å². The highest BCUT2D eigenvalue weighted by molar-refractivity contribution is 7.99. The van der Waals surface area contributed by atoms with Gasteiger partial charge in [-0.05, 0) is 59.8 Å². The Morgan fingerprint density at radius 2 is 1.86 bits per heavy atom. The number of aromatic nitrogens is 3. The predicted octanol–water partition coefficient (Wildman–Crippen LogP) is 3.86. The number of aromatic hydroxyl groups is 1. The van der Waals surface area contributed by atoms with Crippen molar-refractivity contribution in [3.8, 4) is 28.6 Å². The average Bonchev–Trinajstić information content (AvgIpc) is 3.09. The number of benzene rings is 2. The molecule has 0 aliphatic rings. The highest BCUT2D eigenvalue weighted by atomic mass is 32.2. The van der Waals surface area contributed by atoms with Gasteiger partial charge in [0.25, 0.3) is 5.76 Å². The maximum atomic E-state index is 12.9. The summed E-state index contributed by atoms with van der Waals surface area (Å²) < 4.78 is 37.2. The number of phenolic OH excluding ortho intramolecular Hbond substituents is 1. The fourth-order valence-corrected chi connectivity index (χ4v) is 2.82. The Morgan fingerprint density at radius 3 is 2.50 bits per heavy atom. The van der Waals surface area contributed by atoms with E-state index in [-0.39, 0.29) is 28.4 Å². The quantitative estimate of drug-likeness (QED) is 0.474. The van der Waals surface area contributed by atoms with Gasteiger partial charge >= 0.3 is 0 Å². The van der Waals surface area contributed by atoms with E-state index < -0.39 is 5.76 Å². The van der Waals surface area contributed by atoms with Crippen molar-refractivity contribution >= 4 is 18.0 Å². The van der Waals surface area contributed by atoms with Crippen LogP contribution < -0.4 is 9.47 Å². The molecular formula is C18H16F2N4O3S. The smallest absolute Gasteiger partial charge is 0.291 e. The molecule has 3 rings (SSSR count). The molecule has 0 amide bonds. The van der Waals surface area contributed by atoms with Crippen LogP contribution in [0, 0.1) is 0 Å². The molecule has 28 heavy (non-hydrogen) atoms. The highest BCUT2D eigenvalue weighted by Crippen LogP contribution is 2.29. The predicted molar refractivity (Wildman–Crippen MR) is 102 cm³/mol. The lowest BCUT2D eigenvalue weighted by Gasteiger charge is -2.06. The number of methoxy groups -OCH3 is 2. The molecule has 1 heterocycles. The monoisotopic (exact) mass is 406 g/mol. The molecular weight excluding hydrogens is 390 g/mol. The van der Waals surface area contributed by atoms with Crippen LogP contribution in [0.1, 0.15) is 5.56 Å². The number of hydrogen-bond donors (Lipinski definition) is 1. The van der Waals surface area contributed by atoms with Crippen LogP contribution in [0.3, 0.4) is 0 Å². The van der Waals surface area contributed by atoms with Crippen molar-refractivity contribution in [3.63, 3.8) is 0 Å². The Bertz CT molecular complexity index is 977. The van der Waals surface area contributed by atoms with Gasteiger partial charge < -0.3 is 14.6 Å². The van der Waals surface area contributed by atoms with Crippen LogP contribution in [-0.4, -0.2) is 46.2 Å². The van der Waals surface area contributed by atoms with Crippen molar-refractivity contribution in [1.29, 1.82) is 0 Å². The van der Waals surface area contributed by atoms with Gasteiger partial charge in [-0.25, -0.2) is 0 Å². The van der Waals surface area contributed by atoms with Crippen molar-refractivity contribution in [3.05, 3.63) is 48.0 Å². The lowest BCUT2D eigenvalue weighted by molar-refractivity contribution is 0.251. The second-order valence-corrected chi connectivity index (χ2v) is 6.36. The Morgan fingerprint density at radius 1 is 1.11 bits per heavy atom. The molecule has 0 atom stereocenters. The first-order valence-electron chi connectivity index (χ1n) is 7.98. The molecule has 146 valence electrons. The summed E-state index contributed by atoms with van der Waals surface area (Å²) in [7, 11) is 2.97. The zero-order valence-electron chi connectivity index (χ0n) is 14.9. The van der Waals surface area contributed by atoms with Gasteiger partial charge in [0.15, 0.2) is 17.3 Å². The number of thioether (sulfide) groups is 1. The molecule has 1 N–H and O–H groups in total. The molecule has 0 radical (unpaired) electrons. The van der Waals surface area contributed by atoms with Crippen molar-refractivity contribution in [2.24, 2.45) is 5.10 Å². The first-order valence-corrected chi connectivity index (χ1v) is 8.85. The van der Waals surface area contributed by atoms with Crippen LogP contribution >= 0.6 is 11.8 Å². The summed E-state index contributed by atoms with van der Waals surface area (Å²) in [5, 5.41) is 21.7. The molecule has 0 bridgehead atoms. The molecule has 0 unspecified atom stereocenters. The van der Waals surface area contributed by atoms with E-state index in [1.807, 2.05) is 0 Å². The van der Waals surface area contributed by atoms with E-state index >= 15 is 0 Å². The summed E-state index contributed by atoms with van der Waals surface area (Å²) in [6.45, 7) is 0. The maximum absolute atomic E-state index is 12.9. The van der Waals surface area contributed by atoms with Crippen molar-refractivity contribution in [2.75, 3.05) is 14.2 Å². The lowest BCUT2D eigenvalue weighted by Crippen LogP contribution is -1.98. The summed E-state index contributed by atoms with van der Waals surface area (Å²) >= 11 is 0.246. The van der Waals surface area contributed by atoms with Crippen molar-refractivity contribution in [2.45, 2.75) is 10.9 Å². The molecule has 2 aromatic carbocycles.